The van der Waals surface area contributed by atoms with Crippen molar-refractivity contribution in [2.75, 3.05) is 7.11 Å². The third-order valence-electron chi connectivity index (χ3n) is 4.13. The third-order valence-corrected chi connectivity index (χ3v) is 4.13. The molecule has 0 spiro atoms. The molecule has 0 radical (unpaired) electrons. The monoisotopic (exact) mass is 352 g/mol. The number of aromatic hydroxyl groups is 1. The lowest BCUT2D eigenvalue weighted by molar-refractivity contribution is -0.0145. The Hall–Kier alpha value is -3.41. The summed E-state index contributed by atoms with van der Waals surface area (Å²) in [4.78, 5) is 12.5. The number of benzene rings is 2. The van der Waals surface area contributed by atoms with Crippen molar-refractivity contribution in [1.29, 1.82) is 0 Å². The van der Waals surface area contributed by atoms with Crippen molar-refractivity contribution in [3.8, 4) is 11.5 Å². The van der Waals surface area contributed by atoms with E-state index in [1.807, 2.05) is 30.3 Å². The summed E-state index contributed by atoms with van der Waals surface area (Å²) in [6.45, 7) is 0. The molecule has 4 rings (SSSR count). The number of hydrogen-bond acceptors (Lipinski definition) is 6. The Bertz CT molecular complexity index is 1040. The summed E-state index contributed by atoms with van der Waals surface area (Å²) in [6.07, 6.45) is 1.32. The molecule has 132 valence electrons. The standard InChI is InChI=1S/C20H16O6/c1-23-13-7-8-15-14(10-13)18(21)19(22)20(26-15)16-11-24-17(25-16)9-12-5-3-2-4-6-12/h2-8,10-11,17,22H,9H2,1H3. The minimum atomic E-state index is -0.559. The molecule has 1 atom stereocenters. The first kappa shape index (κ1) is 16.1. The molecule has 0 saturated heterocycles. The average molecular weight is 352 g/mol. The highest BCUT2D eigenvalue weighted by Gasteiger charge is 2.27. The van der Waals surface area contributed by atoms with Crippen LogP contribution in [0, 0.1) is 0 Å². The number of methoxy groups -OCH3 is 1. The van der Waals surface area contributed by atoms with Crippen LogP contribution >= 0.6 is 0 Å². The fourth-order valence-corrected chi connectivity index (χ4v) is 2.80. The van der Waals surface area contributed by atoms with Gasteiger partial charge in [-0.25, -0.2) is 0 Å². The van der Waals surface area contributed by atoms with Gasteiger partial charge in [-0.2, -0.15) is 0 Å². The van der Waals surface area contributed by atoms with E-state index in [0.717, 1.165) is 5.56 Å². The molecular formula is C20H16O6. The molecule has 0 saturated carbocycles. The summed E-state index contributed by atoms with van der Waals surface area (Å²) >= 11 is 0. The fourth-order valence-electron chi connectivity index (χ4n) is 2.80. The Kier molecular flexibility index (Phi) is 4.01. The lowest BCUT2D eigenvalue weighted by Gasteiger charge is -2.12. The maximum absolute atomic E-state index is 12.5. The molecule has 0 amide bonds. The zero-order chi connectivity index (χ0) is 18.1. The topological polar surface area (TPSA) is 78.1 Å². The second kappa shape index (κ2) is 6.48. The molecule has 6 heteroatoms. The molecule has 1 aliphatic heterocycles. The molecule has 1 N–H and O–H groups in total. The maximum atomic E-state index is 12.5. The van der Waals surface area contributed by atoms with Crippen LogP contribution < -0.4 is 10.2 Å². The first-order chi connectivity index (χ1) is 12.7. The Morgan fingerprint density at radius 2 is 1.96 bits per heavy atom. The zero-order valence-corrected chi connectivity index (χ0v) is 14.0. The van der Waals surface area contributed by atoms with Crippen LogP contribution in [0.25, 0.3) is 16.7 Å². The van der Waals surface area contributed by atoms with Gasteiger partial charge in [0.2, 0.25) is 29.0 Å². The van der Waals surface area contributed by atoms with Gasteiger partial charge < -0.3 is 23.7 Å². The van der Waals surface area contributed by atoms with Crippen LogP contribution in [0.1, 0.15) is 11.3 Å². The zero-order valence-electron chi connectivity index (χ0n) is 14.0. The van der Waals surface area contributed by atoms with Gasteiger partial charge in [0.05, 0.1) is 12.5 Å². The summed E-state index contributed by atoms with van der Waals surface area (Å²) in [5.74, 6) is 0.0991. The van der Waals surface area contributed by atoms with E-state index in [1.165, 1.54) is 19.4 Å². The van der Waals surface area contributed by atoms with Crippen molar-refractivity contribution in [2.45, 2.75) is 12.7 Å². The van der Waals surface area contributed by atoms with Gasteiger partial charge in [-0.3, -0.25) is 4.79 Å². The van der Waals surface area contributed by atoms with Crippen LogP contribution in [-0.2, 0) is 15.9 Å². The Morgan fingerprint density at radius 1 is 1.15 bits per heavy atom. The van der Waals surface area contributed by atoms with Gasteiger partial charge in [0.15, 0.2) is 0 Å². The van der Waals surface area contributed by atoms with Gasteiger partial charge in [0.1, 0.15) is 17.6 Å². The predicted octanol–water partition coefficient (Wildman–Crippen LogP) is 3.42. The van der Waals surface area contributed by atoms with Crippen molar-refractivity contribution in [3.05, 3.63) is 76.3 Å². The van der Waals surface area contributed by atoms with Gasteiger partial charge in [-0.05, 0) is 23.8 Å². The van der Waals surface area contributed by atoms with Crippen LogP contribution in [0.5, 0.6) is 11.5 Å². The van der Waals surface area contributed by atoms with Gasteiger partial charge >= 0.3 is 0 Å². The fraction of sp³-hybridized carbons (Fsp3) is 0.150. The Balaban J connectivity index is 1.63. The molecule has 2 aromatic carbocycles. The van der Waals surface area contributed by atoms with Crippen molar-refractivity contribution >= 4 is 16.7 Å². The van der Waals surface area contributed by atoms with Crippen molar-refractivity contribution in [3.63, 3.8) is 0 Å². The second-order valence-electron chi connectivity index (χ2n) is 5.83. The maximum Gasteiger partial charge on any atom is 0.244 e. The van der Waals surface area contributed by atoms with E-state index in [1.54, 1.807) is 12.1 Å². The van der Waals surface area contributed by atoms with E-state index in [-0.39, 0.29) is 16.9 Å². The molecule has 6 nitrogen and oxygen atoms in total. The van der Waals surface area contributed by atoms with Crippen LogP contribution in [0.3, 0.4) is 0 Å². The Morgan fingerprint density at radius 3 is 2.73 bits per heavy atom. The highest BCUT2D eigenvalue weighted by molar-refractivity contribution is 5.81. The second-order valence-corrected chi connectivity index (χ2v) is 5.83. The van der Waals surface area contributed by atoms with Crippen LogP contribution in [0.4, 0.5) is 0 Å². The summed E-state index contributed by atoms with van der Waals surface area (Å²) in [5, 5.41) is 10.5. The van der Waals surface area contributed by atoms with Crippen molar-refractivity contribution in [2.24, 2.45) is 0 Å². The largest absolute Gasteiger partial charge is 0.501 e. The van der Waals surface area contributed by atoms with E-state index in [0.29, 0.717) is 17.8 Å². The molecule has 1 aromatic heterocycles. The highest BCUT2D eigenvalue weighted by Crippen LogP contribution is 2.33. The lowest BCUT2D eigenvalue weighted by Crippen LogP contribution is -2.12. The molecule has 0 bridgehead atoms. The minimum Gasteiger partial charge on any atom is -0.501 e. The number of fused-ring (bicyclic) bond motifs is 1. The molecule has 2 heterocycles. The van der Waals surface area contributed by atoms with E-state index in [2.05, 4.69) is 0 Å². The minimum absolute atomic E-state index is 0.0526. The average Bonchev–Trinajstić information content (AvgIpc) is 3.13. The molecular weight excluding hydrogens is 336 g/mol. The molecule has 1 aliphatic rings. The number of rotatable bonds is 4. The molecule has 1 unspecified atom stereocenters. The summed E-state index contributed by atoms with van der Waals surface area (Å²) in [5.41, 5.74) is 0.805. The number of ether oxygens (including phenoxy) is 3. The van der Waals surface area contributed by atoms with Gasteiger partial charge in [0.25, 0.3) is 0 Å². The third kappa shape index (κ3) is 2.86. The van der Waals surface area contributed by atoms with E-state index in [4.69, 9.17) is 18.6 Å². The van der Waals surface area contributed by atoms with E-state index >= 15 is 0 Å². The normalized spacial score (nSPS) is 16.0. The highest BCUT2D eigenvalue weighted by atomic mass is 16.7. The molecule has 3 aromatic rings. The lowest BCUT2D eigenvalue weighted by atomic mass is 10.1. The van der Waals surface area contributed by atoms with Gasteiger partial charge in [-0.1, -0.05) is 30.3 Å². The molecule has 0 fully saturated rings. The Labute approximate surface area is 148 Å². The quantitative estimate of drug-likeness (QED) is 0.775. The van der Waals surface area contributed by atoms with E-state index < -0.39 is 17.5 Å². The first-order valence-corrected chi connectivity index (χ1v) is 8.06. The summed E-state index contributed by atoms with van der Waals surface area (Å²) in [7, 11) is 1.50. The first-order valence-electron chi connectivity index (χ1n) is 8.06. The SMILES string of the molecule is COc1ccc2oc(C3=COC(Cc4ccccc4)O3)c(O)c(=O)c2c1. The molecule has 26 heavy (non-hydrogen) atoms. The summed E-state index contributed by atoms with van der Waals surface area (Å²) < 4.78 is 22.0. The van der Waals surface area contributed by atoms with E-state index in [9.17, 15) is 9.90 Å². The van der Waals surface area contributed by atoms with Crippen molar-refractivity contribution in [1.82, 2.24) is 0 Å². The van der Waals surface area contributed by atoms with Crippen LogP contribution in [-0.4, -0.2) is 18.5 Å². The van der Waals surface area contributed by atoms with Crippen LogP contribution in [0.15, 0.2) is 64.0 Å². The van der Waals surface area contributed by atoms with Gasteiger partial charge in [0, 0.05) is 6.42 Å². The van der Waals surface area contributed by atoms with Crippen molar-refractivity contribution < 1.29 is 23.7 Å². The summed E-state index contributed by atoms with van der Waals surface area (Å²) in [6, 6.07) is 14.5. The predicted molar refractivity (Wildman–Crippen MR) is 94.8 cm³/mol. The van der Waals surface area contributed by atoms with Gasteiger partial charge in [-0.15, -0.1) is 0 Å². The molecule has 0 aliphatic carbocycles. The smallest absolute Gasteiger partial charge is 0.244 e. The van der Waals surface area contributed by atoms with Crippen LogP contribution in [0.2, 0.25) is 0 Å². The number of hydrogen-bond donors (Lipinski definition) is 1.